The van der Waals surface area contributed by atoms with Crippen molar-refractivity contribution in [2.45, 2.75) is 38.6 Å². The molecule has 0 spiro atoms. The van der Waals surface area contributed by atoms with Crippen LogP contribution in [-0.2, 0) is 11.2 Å². The zero-order valence-corrected chi connectivity index (χ0v) is 15.3. The van der Waals surface area contributed by atoms with Crippen molar-refractivity contribution in [3.05, 3.63) is 52.5 Å². The Morgan fingerprint density at radius 2 is 1.88 bits per heavy atom. The Balaban J connectivity index is 1.75. The number of anilines is 1. The topological polar surface area (TPSA) is 29.5 Å². The van der Waals surface area contributed by atoms with E-state index in [2.05, 4.69) is 22.9 Å². The summed E-state index contributed by atoms with van der Waals surface area (Å²) in [6.45, 7) is 2.14. The summed E-state index contributed by atoms with van der Waals surface area (Å²) in [4.78, 5) is 14.8. The second-order valence-corrected chi connectivity index (χ2v) is 7.51. The molecule has 0 bridgehead atoms. The highest BCUT2D eigenvalue weighted by atomic mass is 79.9. The summed E-state index contributed by atoms with van der Waals surface area (Å²) in [5.41, 5.74) is 2.14. The molecule has 2 aliphatic rings. The van der Waals surface area contributed by atoms with E-state index in [0.29, 0.717) is 0 Å². The monoisotopic (exact) mass is 385 g/mol. The number of hydrogen-bond donors (Lipinski definition) is 0. The average Bonchev–Trinajstić information content (AvgIpc) is 3.43. The van der Waals surface area contributed by atoms with Crippen molar-refractivity contribution in [3.8, 4) is 11.5 Å². The summed E-state index contributed by atoms with van der Waals surface area (Å²) < 4.78 is 7.09. The maximum Gasteiger partial charge on any atom is 0.230 e. The second kappa shape index (κ2) is 6.25. The van der Waals surface area contributed by atoms with Crippen LogP contribution < -0.4 is 9.64 Å². The van der Waals surface area contributed by atoms with Gasteiger partial charge in [0, 0.05) is 17.5 Å². The molecule has 24 heavy (non-hydrogen) atoms. The highest BCUT2D eigenvalue weighted by Gasteiger charge is 2.39. The molecular weight excluding hydrogens is 366 g/mol. The summed E-state index contributed by atoms with van der Waals surface area (Å²) in [7, 11) is 0. The van der Waals surface area contributed by atoms with Gasteiger partial charge < -0.3 is 9.64 Å². The normalized spacial score (nSPS) is 19.8. The van der Waals surface area contributed by atoms with Gasteiger partial charge in [-0.3, -0.25) is 4.79 Å². The molecule has 1 aliphatic carbocycles. The van der Waals surface area contributed by atoms with Crippen molar-refractivity contribution >= 4 is 27.5 Å². The van der Waals surface area contributed by atoms with E-state index in [9.17, 15) is 4.79 Å². The van der Waals surface area contributed by atoms with Gasteiger partial charge in [-0.25, -0.2) is 0 Å². The molecule has 0 aromatic heterocycles. The fourth-order valence-corrected chi connectivity index (χ4v) is 3.81. The van der Waals surface area contributed by atoms with Gasteiger partial charge in [-0.1, -0.05) is 18.2 Å². The van der Waals surface area contributed by atoms with Gasteiger partial charge in [-0.2, -0.15) is 0 Å². The fourth-order valence-electron chi connectivity index (χ4n) is 3.36. The molecule has 1 aliphatic heterocycles. The summed E-state index contributed by atoms with van der Waals surface area (Å²) in [5.74, 6) is 2.14. The molecular formula is C20H20BrNO2. The van der Waals surface area contributed by atoms with E-state index in [-0.39, 0.29) is 17.9 Å². The zero-order chi connectivity index (χ0) is 16.7. The van der Waals surface area contributed by atoms with E-state index in [0.717, 1.165) is 52.9 Å². The predicted molar refractivity (Wildman–Crippen MR) is 98.7 cm³/mol. The number of halogens is 1. The molecule has 0 saturated heterocycles. The quantitative estimate of drug-likeness (QED) is 0.715. The third kappa shape index (κ3) is 2.84. The molecule has 0 radical (unpaired) electrons. The predicted octanol–water partition coefficient (Wildman–Crippen LogP) is 5.32. The van der Waals surface area contributed by atoms with E-state index in [4.69, 9.17) is 4.74 Å². The first-order valence-corrected chi connectivity index (χ1v) is 9.32. The first-order chi connectivity index (χ1) is 11.6. The Kier molecular flexibility index (Phi) is 4.09. The molecule has 2 aromatic carbocycles. The van der Waals surface area contributed by atoms with E-state index >= 15 is 0 Å². The van der Waals surface area contributed by atoms with Crippen LogP contribution in [0.1, 0.15) is 31.7 Å². The number of ether oxygens (including phenoxy) is 1. The molecule has 1 atom stereocenters. The molecule has 124 valence electrons. The van der Waals surface area contributed by atoms with Crippen molar-refractivity contribution < 1.29 is 9.53 Å². The molecule has 4 rings (SSSR count). The summed E-state index contributed by atoms with van der Waals surface area (Å²) in [5, 5.41) is 0. The van der Waals surface area contributed by atoms with Crippen molar-refractivity contribution in [3.63, 3.8) is 0 Å². The fraction of sp³-hybridized carbons (Fsp3) is 0.350. The lowest BCUT2D eigenvalue weighted by Gasteiger charge is -2.36. The lowest BCUT2D eigenvalue weighted by atomic mass is 9.95. The van der Waals surface area contributed by atoms with E-state index in [1.54, 1.807) is 0 Å². The SMILES string of the molecule is CC1CCc2c(ccc(Br)c2Oc2ccccc2)N1C(=O)C1CC1. The molecule has 0 N–H and O–H groups in total. The van der Waals surface area contributed by atoms with Crippen LogP contribution in [0.3, 0.4) is 0 Å². The van der Waals surface area contributed by atoms with E-state index < -0.39 is 0 Å². The van der Waals surface area contributed by atoms with Gasteiger partial charge in [0.05, 0.1) is 10.2 Å². The minimum absolute atomic E-state index is 0.223. The Morgan fingerprint density at radius 3 is 2.58 bits per heavy atom. The number of para-hydroxylation sites is 1. The van der Waals surface area contributed by atoms with Gasteiger partial charge in [0.2, 0.25) is 5.91 Å². The first kappa shape index (κ1) is 15.7. The standard InChI is InChI=1S/C20H20BrNO2/c1-13-7-10-16-18(22(13)20(23)14-8-9-14)12-11-17(21)19(16)24-15-5-3-2-4-6-15/h2-6,11-14H,7-10H2,1H3. The molecule has 1 unspecified atom stereocenters. The number of hydrogen-bond acceptors (Lipinski definition) is 2. The van der Waals surface area contributed by atoms with Crippen molar-refractivity contribution in [2.24, 2.45) is 5.92 Å². The zero-order valence-electron chi connectivity index (χ0n) is 13.7. The van der Waals surface area contributed by atoms with Crippen LogP contribution in [0.25, 0.3) is 0 Å². The Labute approximate surface area is 150 Å². The second-order valence-electron chi connectivity index (χ2n) is 6.66. The third-order valence-electron chi connectivity index (χ3n) is 4.83. The number of rotatable bonds is 3. The summed E-state index contributed by atoms with van der Waals surface area (Å²) in [6.07, 6.45) is 3.95. The van der Waals surface area contributed by atoms with Crippen LogP contribution in [0.2, 0.25) is 0 Å². The lowest BCUT2D eigenvalue weighted by Crippen LogP contribution is -2.43. The third-order valence-corrected chi connectivity index (χ3v) is 5.45. The Bertz CT molecular complexity index is 771. The number of nitrogens with zero attached hydrogens (tertiary/aromatic N) is 1. The van der Waals surface area contributed by atoms with Crippen molar-refractivity contribution in [2.75, 3.05) is 4.90 Å². The number of fused-ring (bicyclic) bond motifs is 1. The largest absolute Gasteiger partial charge is 0.456 e. The minimum Gasteiger partial charge on any atom is -0.456 e. The van der Waals surface area contributed by atoms with Gasteiger partial charge in [-0.15, -0.1) is 0 Å². The smallest absolute Gasteiger partial charge is 0.230 e. The molecule has 1 heterocycles. The lowest BCUT2D eigenvalue weighted by molar-refractivity contribution is -0.120. The van der Waals surface area contributed by atoms with Gasteiger partial charge in [0.15, 0.2) is 0 Å². The van der Waals surface area contributed by atoms with Crippen molar-refractivity contribution in [1.29, 1.82) is 0 Å². The van der Waals surface area contributed by atoms with Gasteiger partial charge in [0.25, 0.3) is 0 Å². The van der Waals surface area contributed by atoms with E-state index in [1.807, 2.05) is 47.4 Å². The van der Waals surface area contributed by atoms with Crippen LogP contribution in [0, 0.1) is 5.92 Å². The number of carbonyl (C=O) groups excluding carboxylic acids is 1. The van der Waals surface area contributed by atoms with Crippen LogP contribution >= 0.6 is 15.9 Å². The highest BCUT2D eigenvalue weighted by molar-refractivity contribution is 9.10. The maximum absolute atomic E-state index is 12.8. The number of carbonyl (C=O) groups is 1. The molecule has 1 amide bonds. The highest BCUT2D eigenvalue weighted by Crippen LogP contribution is 2.44. The summed E-state index contributed by atoms with van der Waals surface area (Å²) >= 11 is 3.62. The van der Waals surface area contributed by atoms with Crippen LogP contribution in [0.15, 0.2) is 46.9 Å². The van der Waals surface area contributed by atoms with Crippen LogP contribution in [0.5, 0.6) is 11.5 Å². The first-order valence-electron chi connectivity index (χ1n) is 8.52. The van der Waals surface area contributed by atoms with E-state index in [1.165, 1.54) is 0 Å². The van der Waals surface area contributed by atoms with Crippen molar-refractivity contribution in [1.82, 2.24) is 0 Å². The summed E-state index contributed by atoms with van der Waals surface area (Å²) in [6, 6.07) is 14.1. The molecule has 2 aromatic rings. The molecule has 1 saturated carbocycles. The minimum atomic E-state index is 0.223. The van der Waals surface area contributed by atoms with Gasteiger partial charge >= 0.3 is 0 Å². The van der Waals surface area contributed by atoms with Crippen LogP contribution in [-0.4, -0.2) is 11.9 Å². The maximum atomic E-state index is 12.8. The molecule has 1 fully saturated rings. The van der Waals surface area contributed by atoms with Gasteiger partial charge in [0.1, 0.15) is 11.5 Å². The van der Waals surface area contributed by atoms with Gasteiger partial charge in [-0.05, 0) is 72.8 Å². The number of benzene rings is 2. The average molecular weight is 386 g/mol. The molecule has 4 heteroatoms. The van der Waals surface area contributed by atoms with Crippen LogP contribution in [0.4, 0.5) is 5.69 Å². The Hall–Kier alpha value is -1.81. The molecule has 3 nitrogen and oxygen atoms in total. The Morgan fingerprint density at radius 1 is 1.12 bits per heavy atom. The number of amides is 1.